The summed E-state index contributed by atoms with van der Waals surface area (Å²) in [5.74, 6) is 1.33. The van der Waals surface area contributed by atoms with Crippen molar-refractivity contribution in [2.75, 3.05) is 14.1 Å². The number of rotatable bonds is 2. The fraction of sp³-hybridized carbons (Fsp3) is 0.500. The molecule has 2 aliphatic rings. The molecule has 1 aromatic rings. The van der Waals surface area contributed by atoms with Gasteiger partial charge in [0, 0.05) is 26.2 Å². The van der Waals surface area contributed by atoms with Crippen LogP contribution in [0.1, 0.15) is 42.5 Å². The van der Waals surface area contributed by atoms with Crippen molar-refractivity contribution >= 4 is 5.78 Å². The fourth-order valence-corrected chi connectivity index (χ4v) is 3.44. The average molecular weight is 285 g/mol. The number of ketones is 1. The second-order valence-corrected chi connectivity index (χ2v) is 6.31. The zero-order valence-electron chi connectivity index (χ0n) is 12.8. The van der Waals surface area contributed by atoms with Crippen molar-refractivity contribution < 1.29 is 9.53 Å². The minimum atomic E-state index is -0.0879. The number of Topliss-reactive ketones (excluding diaryl/α,β-unsaturated/α-hetero) is 1. The van der Waals surface area contributed by atoms with Crippen LogP contribution in [0.25, 0.3) is 0 Å². The Bertz CT molecular complexity index is 556. The molecule has 0 aromatic heterocycles. The Hall–Kier alpha value is -1.77. The van der Waals surface area contributed by atoms with Gasteiger partial charge in [-0.1, -0.05) is 31.4 Å². The highest BCUT2D eigenvalue weighted by Gasteiger charge is 2.37. The topological polar surface area (TPSA) is 29.5 Å². The van der Waals surface area contributed by atoms with Crippen molar-refractivity contribution in [2.45, 2.75) is 38.2 Å². The Labute approximate surface area is 126 Å². The molecule has 0 spiro atoms. The number of benzene rings is 1. The van der Waals surface area contributed by atoms with E-state index in [0.29, 0.717) is 11.5 Å². The lowest BCUT2D eigenvalue weighted by atomic mass is 9.79. The van der Waals surface area contributed by atoms with E-state index >= 15 is 0 Å². The van der Waals surface area contributed by atoms with Gasteiger partial charge in [-0.25, -0.2) is 0 Å². The number of carbonyl (C=O) groups is 1. The summed E-state index contributed by atoms with van der Waals surface area (Å²) in [5.41, 5.74) is 1.50. The number of nitrogens with zero attached hydrogens (tertiary/aromatic N) is 1. The highest BCUT2D eigenvalue weighted by molar-refractivity contribution is 6.12. The zero-order chi connectivity index (χ0) is 14.8. The van der Waals surface area contributed by atoms with Crippen LogP contribution in [0.15, 0.2) is 36.0 Å². The predicted octanol–water partition coefficient (Wildman–Crippen LogP) is 3.66. The monoisotopic (exact) mass is 285 g/mol. The first-order valence-electron chi connectivity index (χ1n) is 7.85. The maximum atomic E-state index is 12.8. The van der Waals surface area contributed by atoms with E-state index in [2.05, 4.69) is 0 Å². The first-order chi connectivity index (χ1) is 10.2. The molecular weight excluding hydrogens is 262 g/mol. The Morgan fingerprint density at radius 1 is 1.14 bits per heavy atom. The molecule has 21 heavy (non-hydrogen) atoms. The Balaban J connectivity index is 1.98. The van der Waals surface area contributed by atoms with Crippen molar-refractivity contribution in [1.82, 2.24) is 4.90 Å². The van der Waals surface area contributed by atoms with Gasteiger partial charge in [0.25, 0.3) is 0 Å². The van der Waals surface area contributed by atoms with Crippen LogP contribution >= 0.6 is 0 Å². The summed E-state index contributed by atoms with van der Waals surface area (Å²) in [4.78, 5) is 14.8. The number of hydrogen-bond acceptors (Lipinski definition) is 3. The zero-order valence-corrected chi connectivity index (χ0v) is 12.8. The van der Waals surface area contributed by atoms with Crippen LogP contribution in [-0.4, -0.2) is 30.9 Å². The van der Waals surface area contributed by atoms with E-state index in [-0.39, 0.29) is 11.9 Å². The van der Waals surface area contributed by atoms with Crippen LogP contribution in [0.3, 0.4) is 0 Å². The van der Waals surface area contributed by atoms with Crippen LogP contribution in [0, 0.1) is 5.92 Å². The van der Waals surface area contributed by atoms with Gasteiger partial charge in [0.2, 0.25) is 0 Å². The highest BCUT2D eigenvalue weighted by Crippen LogP contribution is 2.38. The molecule has 0 radical (unpaired) electrons. The molecular formula is C18H23NO2. The molecule has 1 aliphatic heterocycles. The number of carbonyl (C=O) groups excluding carboxylic acids is 1. The summed E-state index contributed by atoms with van der Waals surface area (Å²) in [6, 6.07) is 7.60. The standard InChI is InChI=1S/C18H23NO2/c1-19(2)12-15-17(20)14-10-6-7-11-16(14)21-18(15)13-8-4-3-5-9-13/h6-7,10-13,18H,3-5,8-9H2,1-2H3/b15-12+/t18-/m1/s1. The summed E-state index contributed by atoms with van der Waals surface area (Å²) in [6.07, 6.45) is 7.97. The smallest absolute Gasteiger partial charge is 0.197 e. The van der Waals surface area contributed by atoms with Gasteiger partial charge in [0.15, 0.2) is 5.78 Å². The normalized spacial score (nSPS) is 24.6. The van der Waals surface area contributed by atoms with Crippen molar-refractivity contribution in [1.29, 1.82) is 0 Å². The summed E-state index contributed by atoms with van der Waals surface area (Å²) < 4.78 is 6.24. The number of fused-ring (bicyclic) bond motifs is 1. The van der Waals surface area contributed by atoms with E-state index in [0.717, 1.165) is 24.2 Å². The minimum absolute atomic E-state index is 0.0879. The van der Waals surface area contributed by atoms with Gasteiger partial charge >= 0.3 is 0 Å². The number of ether oxygens (including phenoxy) is 1. The third kappa shape index (κ3) is 2.82. The summed E-state index contributed by atoms with van der Waals surface area (Å²) >= 11 is 0. The molecule has 1 fully saturated rings. The molecule has 1 aromatic carbocycles. The fourth-order valence-electron chi connectivity index (χ4n) is 3.44. The second-order valence-electron chi connectivity index (χ2n) is 6.31. The van der Waals surface area contributed by atoms with Crippen LogP contribution in [-0.2, 0) is 0 Å². The maximum absolute atomic E-state index is 12.8. The van der Waals surface area contributed by atoms with Crippen LogP contribution in [0.2, 0.25) is 0 Å². The van der Waals surface area contributed by atoms with Gasteiger partial charge in [0.1, 0.15) is 11.9 Å². The summed E-state index contributed by atoms with van der Waals surface area (Å²) in [7, 11) is 3.91. The lowest BCUT2D eigenvalue weighted by molar-refractivity contribution is 0.0856. The highest BCUT2D eigenvalue weighted by atomic mass is 16.5. The van der Waals surface area contributed by atoms with Crippen molar-refractivity contribution in [2.24, 2.45) is 5.92 Å². The van der Waals surface area contributed by atoms with E-state index in [1.54, 1.807) is 0 Å². The average Bonchev–Trinajstić information content (AvgIpc) is 2.50. The third-order valence-corrected chi connectivity index (χ3v) is 4.43. The molecule has 0 N–H and O–H groups in total. The van der Waals surface area contributed by atoms with Gasteiger partial charge < -0.3 is 9.64 Å². The van der Waals surface area contributed by atoms with Gasteiger partial charge in [-0.05, 0) is 25.0 Å². The quantitative estimate of drug-likeness (QED) is 0.777. The van der Waals surface area contributed by atoms with Crippen molar-refractivity contribution in [3.63, 3.8) is 0 Å². The minimum Gasteiger partial charge on any atom is -0.484 e. The van der Waals surface area contributed by atoms with E-state index in [1.807, 2.05) is 49.5 Å². The van der Waals surface area contributed by atoms with E-state index in [9.17, 15) is 4.79 Å². The SMILES string of the molecule is CN(C)/C=C1\C(=O)c2ccccc2O[C@@H]1C1CCCCC1. The molecule has 3 rings (SSSR count). The summed E-state index contributed by atoms with van der Waals surface area (Å²) in [5, 5.41) is 0. The van der Waals surface area contributed by atoms with Crippen LogP contribution in [0.4, 0.5) is 0 Å². The summed E-state index contributed by atoms with van der Waals surface area (Å²) in [6.45, 7) is 0. The van der Waals surface area contributed by atoms with Crippen LogP contribution < -0.4 is 4.74 Å². The number of para-hydroxylation sites is 1. The Morgan fingerprint density at radius 2 is 1.86 bits per heavy atom. The third-order valence-electron chi connectivity index (χ3n) is 4.43. The molecule has 112 valence electrons. The van der Waals surface area contributed by atoms with Gasteiger partial charge in [-0.15, -0.1) is 0 Å². The lowest BCUT2D eigenvalue weighted by Gasteiger charge is -2.35. The molecule has 1 heterocycles. The van der Waals surface area contributed by atoms with Gasteiger partial charge in [0.05, 0.1) is 11.1 Å². The molecule has 0 unspecified atom stereocenters. The molecule has 0 saturated heterocycles. The van der Waals surface area contributed by atoms with Crippen LogP contribution in [0.5, 0.6) is 5.75 Å². The Kier molecular flexibility index (Phi) is 4.00. The largest absolute Gasteiger partial charge is 0.484 e. The molecule has 1 saturated carbocycles. The first-order valence-corrected chi connectivity index (χ1v) is 7.85. The lowest BCUT2D eigenvalue weighted by Crippen LogP contribution is -2.38. The molecule has 0 bridgehead atoms. The molecule has 3 nitrogen and oxygen atoms in total. The molecule has 0 amide bonds. The van der Waals surface area contributed by atoms with E-state index < -0.39 is 0 Å². The maximum Gasteiger partial charge on any atom is 0.197 e. The number of hydrogen-bond donors (Lipinski definition) is 0. The van der Waals surface area contributed by atoms with E-state index in [4.69, 9.17) is 4.74 Å². The molecule has 1 atom stereocenters. The van der Waals surface area contributed by atoms with Crippen molar-refractivity contribution in [3.05, 3.63) is 41.6 Å². The Morgan fingerprint density at radius 3 is 2.57 bits per heavy atom. The molecule has 3 heteroatoms. The second kappa shape index (κ2) is 5.92. The van der Waals surface area contributed by atoms with E-state index in [1.165, 1.54) is 19.3 Å². The van der Waals surface area contributed by atoms with Gasteiger partial charge in [-0.2, -0.15) is 0 Å². The first kappa shape index (κ1) is 14.2. The molecule has 1 aliphatic carbocycles. The van der Waals surface area contributed by atoms with Gasteiger partial charge in [-0.3, -0.25) is 4.79 Å². The predicted molar refractivity (Wildman–Crippen MR) is 83.5 cm³/mol. The van der Waals surface area contributed by atoms with Crippen molar-refractivity contribution in [3.8, 4) is 5.75 Å².